The van der Waals surface area contributed by atoms with E-state index in [1.165, 1.54) is 29.6 Å². The molecule has 3 aromatic rings. The summed E-state index contributed by atoms with van der Waals surface area (Å²) in [5.41, 5.74) is 1.67. The Morgan fingerprint density at radius 3 is 2.48 bits per heavy atom. The van der Waals surface area contributed by atoms with Crippen LogP contribution in [0.2, 0.25) is 5.02 Å². The zero-order valence-corrected chi connectivity index (χ0v) is 18.3. The summed E-state index contributed by atoms with van der Waals surface area (Å²) in [7, 11) is -2.22. The van der Waals surface area contributed by atoms with Crippen LogP contribution in [0.4, 0.5) is 15.9 Å². The first kappa shape index (κ1) is 21.5. The fourth-order valence-corrected chi connectivity index (χ4v) is 5.26. The van der Waals surface area contributed by atoms with Gasteiger partial charge in [0.25, 0.3) is 0 Å². The Balaban J connectivity index is 1.61. The van der Waals surface area contributed by atoms with Crippen molar-refractivity contribution in [2.75, 3.05) is 25.5 Å². The Kier molecular flexibility index (Phi) is 6.08. The minimum absolute atomic E-state index is 0.000414. The van der Waals surface area contributed by atoms with Crippen LogP contribution in [0.15, 0.2) is 53.4 Å². The fraction of sp³-hybridized carbons (Fsp3) is 0.238. The molecule has 1 saturated heterocycles. The van der Waals surface area contributed by atoms with Crippen LogP contribution in [0.1, 0.15) is 12.8 Å². The van der Waals surface area contributed by atoms with E-state index in [1.807, 2.05) is 0 Å². The van der Waals surface area contributed by atoms with Crippen LogP contribution < -0.4 is 10.1 Å². The SMILES string of the molecule is COc1ccc(-c2ccc(Nc3ccc(F)c(Cl)c3)nn2)cc1S(=O)(=O)N1CCCC1. The van der Waals surface area contributed by atoms with Crippen LogP contribution >= 0.6 is 11.6 Å². The van der Waals surface area contributed by atoms with Crippen molar-refractivity contribution in [1.29, 1.82) is 0 Å². The summed E-state index contributed by atoms with van der Waals surface area (Å²) in [6, 6.07) is 12.6. The van der Waals surface area contributed by atoms with Crippen molar-refractivity contribution in [2.24, 2.45) is 0 Å². The lowest BCUT2D eigenvalue weighted by Crippen LogP contribution is -2.28. The lowest BCUT2D eigenvalue weighted by atomic mass is 10.1. The number of rotatable bonds is 6. The van der Waals surface area contributed by atoms with E-state index < -0.39 is 15.8 Å². The highest BCUT2D eigenvalue weighted by Crippen LogP contribution is 2.32. The quantitative estimate of drug-likeness (QED) is 0.581. The summed E-state index contributed by atoms with van der Waals surface area (Å²) in [5, 5.41) is 11.3. The number of ether oxygens (including phenoxy) is 1. The van der Waals surface area contributed by atoms with Crippen molar-refractivity contribution in [3.05, 3.63) is 59.4 Å². The third-order valence-electron chi connectivity index (χ3n) is 5.00. The van der Waals surface area contributed by atoms with E-state index >= 15 is 0 Å². The number of hydrogen-bond donors (Lipinski definition) is 1. The van der Waals surface area contributed by atoms with Crippen molar-refractivity contribution in [3.63, 3.8) is 0 Å². The van der Waals surface area contributed by atoms with Crippen LogP contribution in [0.5, 0.6) is 5.75 Å². The third kappa shape index (κ3) is 4.48. The first-order chi connectivity index (χ1) is 14.9. The molecule has 1 aromatic heterocycles. The van der Waals surface area contributed by atoms with Crippen molar-refractivity contribution in [2.45, 2.75) is 17.7 Å². The number of hydrogen-bond acceptors (Lipinski definition) is 6. The van der Waals surface area contributed by atoms with Gasteiger partial charge in [0.1, 0.15) is 16.5 Å². The Morgan fingerprint density at radius 2 is 1.84 bits per heavy atom. The highest BCUT2D eigenvalue weighted by atomic mass is 35.5. The molecule has 2 aromatic carbocycles. The van der Waals surface area contributed by atoms with Gasteiger partial charge in [-0.15, -0.1) is 10.2 Å². The molecule has 162 valence electrons. The van der Waals surface area contributed by atoms with Crippen LogP contribution in [-0.2, 0) is 10.0 Å². The monoisotopic (exact) mass is 462 g/mol. The van der Waals surface area contributed by atoms with Gasteiger partial charge in [0.05, 0.1) is 17.8 Å². The molecule has 0 amide bonds. The topological polar surface area (TPSA) is 84.4 Å². The Hall–Kier alpha value is -2.75. The number of nitrogens with zero attached hydrogens (tertiary/aromatic N) is 3. The highest BCUT2D eigenvalue weighted by Gasteiger charge is 2.30. The van der Waals surface area contributed by atoms with E-state index in [9.17, 15) is 12.8 Å². The summed E-state index contributed by atoms with van der Waals surface area (Å²) >= 11 is 5.79. The van der Waals surface area contributed by atoms with Crippen molar-refractivity contribution < 1.29 is 17.5 Å². The molecule has 7 nitrogen and oxygen atoms in total. The molecule has 0 spiro atoms. The lowest BCUT2D eigenvalue weighted by Gasteiger charge is -2.18. The molecular formula is C21H20ClFN4O3S. The molecular weight excluding hydrogens is 443 g/mol. The van der Waals surface area contributed by atoms with Gasteiger partial charge < -0.3 is 10.1 Å². The molecule has 0 radical (unpaired) electrons. The van der Waals surface area contributed by atoms with Gasteiger partial charge >= 0.3 is 0 Å². The van der Waals surface area contributed by atoms with Gasteiger partial charge in [0.2, 0.25) is 10.0 Å². The summed E-state index contributed by atoms with van der Waals surface area (Å²) in [4.78, 5) is 0.111. The molecule has 0 bridgehead atoms. The van der Waals surface area contributed by atoms with E-state index in [0.717, 1.165) is 12.8 Å². The molecule has 0 aliphatic carbocycles. The Labute approximate surface area is 184 Å². The van der Waals surface area contributed by atoms with Crippen molar-refractivity contribution in [1.82, 2.24) is 14.5 Å². The number of aromatic nitrogens is 2. The van der Waals surface area contributed by atoms with Gasteiger partial charge in [-0.1, -0.05) is 11.6 Å². The van der Waals surface area contributed by atoms with Crippen LogP contribution in [0.25, 0.3) is 11.3 Å². The van der Waals surface area contributed by atoms with Crippen LogP contribution in [-0.4, -0.2) is 43.1 Å². The second kappa shape index (κ2) is 8.78. The zero-order valence-electron chi connectivity index (χ0n) is 16.7. The maximum Gasteiger partial charge on any atom is 0.246 e. The molecule has 0 atom stereocenters. The summed E-state index contributed by atoms with van der Waals surface area (Å²) in [6.45, 7) is 1.01. The standard InChI is InChI=1S/C21H20ClFN4O3S/c1-30-19-8-4-14(12-20(19)31(28,29)27-10-2-3-11-27)18-7-9-21(26-25-18)24-15-5-6-17(23)16(22)13-15/h4-9,12-13H,2-3,10-11H2,1H3,(H,24,26). The minimum atomic E-state index is -3.66. The molecule has 1 aliphatic rings. The Morgan fingerprint density at radius 1 is 1.06 bits per heavy atom. The second-order valence-corrected chi connectivity index (χ2v) is 9.35. The summed E-state index contributed by atoms with van der Waals surface area (Å²) < 4.78 is 46.2. The van der Waals surface area contributed by atoms with Crippen molar-refractivity contribution in [3.8, 4) is 17.0 Å². The molecule has 4 rings (SSSR count). The highest BCUT2D eigenvalue weighted by molar-refractivity contribution is 7.89. The molecule has 31 heavy (non-hydrogen) atoms. The number of methoxy groups -OCH3 is 1. The second-order valence-electron chi connectivity index (χ2n) is 7.03. The van der Waals surface area contributed by atoms with E-state index in [1.54, 1.807) is 30.3 Å². The average molecular weight is 463 g/mol. The third-order valence-corrected chi connectivity index (χ3v) is 7.21. The normalized spacial score (nSPS) is 14.5. The first-order valence-corrected chi connectivity index (χ1v) is 11.4. The fourth-order valence-electron chi connectivity index (χ4n) is 3.38. The number of halogens is 2. The van der Waals surface area contributed by atoms with E-state index in [2.05, 4.69) is 15.5 Å². The molecule has 2 heterocycles. The average Bonchev–Trinajstić information content (AvgIpc) is 3.32. The summed E-state index contributed by atoms with van der Waals surface area (Å²) in [5.74, 6) is 0.216. The van der Waals surface area contributed by atoms with Gasteiger partial charge in [-0.05, 0) is 61.4 Å². The Bertz CT molecular complexity index is 1200. The van der Waals surface area contributed by atoms with Gasteiger partial charge in [-0.3, -0.25) is 0 Å². The molecule has 10 heteroatoms. The summed E-state index contributed by atoms with van der Waals surface area (Å²) in [6.07, 6.45) is 1.70. The number of anilines is 2. The van der Waals surface area contributed by atoms with E-state index in [0.29, 0.717) is 35.9 Å². The molecule has 0 unspecified atom stereocenters. The van der Waals surface area contributed by atoms with E-state index in [-0.39, 0.29) is 15.7 Å². The predicted octanol–water partition coefficient (Wildman–Crippen LogP) is 4.47. The predicted molar refractivity (Wildman–Crippen MR) is 117 cm³/mol. The van der Waals surface area contributed by atoms with Crippen LogP contribution in [0, 0.1) is 5.82 Å². The molecule has 1 aliphatic heterocycles. The maximum absolute atomic E-state index is 13.3. The molecule has 1 fully saturated rings. The smallest absolute Gasteiger partial charge is 0.246 e. The molecule has 1 N–H and O–H groups in total. The van der Waals surface area contributed by atoms with Crippen molar-refractivity contribution >= 4 is 33.1 Å². The first-order valence-electron chi connectivity index (χ1n) is 9.63. The number of nitrogens with one attached hydrogen (secondary N) is 1. The lowest BCUT2D eigenvalue weighted by molar-refractivity contribution is 0.398. The van der Waals surface area contributed by atoms with Gasteiger partial charge in [-0.25, -0.2) is 12.8 Å². The van der Waals surface area contributed by atoms with Gasteiger partial charge in [-0.2, -0.15) is 4.31 Å². The largest absolute Gasteiger partial charge is 0.495 e. The molecule has 0 saturated carbocycles. The van der Waals surface area contributed by atoms with Gasteiger partial charge in [0, 0.05) is 24.3 Å². The minimum Gasteiger partial charge on any atom is -0.495 e. The number of sulfonamides is 1. The van der Waals surface area contributed by atoms with E-state index in [4.69, 9.17) is 16.3 Å². The number of benzene rings is 2. The van der Waals surface area contributed by atoms with Crippen LogP contribution in [0.3, 0.4) is 0 Å². The van der Waals surface area contributed by atoms with Gasteiger partial charge in [0.15, 0.2) is 5.82 Å². The maximum atomic E-state index is 13.3. The zero-order chi connectivity index (χ0) is 22.0.